The second kappa shape index (κ2) is 7.81. The first-order valence-electron chi connectivity index (χ1n) is 8.41. The molecule has 1 aromatic carbocycles. The third kappa shape index (κ3) is 3.62. The van der Waals surface area contributed by atoms with E-state index in [4.69, 9.17) is 4.74 Å². The number of carbonyl (C=O) groups excluding carboxylic acids is 1. The second-order valence-corrected chi connectivity index (χ2v) is 7.03. The van der Waals surface area contributed by atoms with E-state index >= 15 is 0 Å². The van der Waals surface area contributed by atoms with Gasteiger partial charge in [0.15, 0.2) is 0 Å². The van der Waals surface area contributed by atoms with Gasteiger partial charge < -0.3 is 10.1 Å². The largest absolute Gasteiger partial charge is 0.496 e. The summed E-state index contributed by atoms with van der Waals surface area (Å²) >= 11 is 1.84. The fourth-order valence-electron chi connectivity index (χ4n) is 3.40. The number of benzene rings is 1. The summed E-state index contributed by atoms with van der Waals surface area (Å²) in [7, 11) is 1.65. The lowest BCUT2D eigenvalue weighted by Crippen LogP contribution is -2.42. The maximum absolute atomic E-state index is 12.4. The monoisotopic (exact) mass is 344 g/mol. The lowest BCUT2D eigenvalue weighted by Gasteiger charge is -2.34. The molecule has 0 saturated carbocycles. The van der Waals surface area contributed by atoms with Crippen LogP contribution in [0.5, 0.6) is 5.75 Å². The predicted molar refractivity (Wildman–Crippen MR) is 97.5 cm³/mol. The fourth-order valence-corrected chi connectivity index (χ4v) is 4.33. The molecule has 2 heterocycles. The van der Waals surface area contributed by atoms with Crippen LogP contribution in [0.1, 0.15) is 35.4 Å². The van der Waals surface area contributed by atoms with E-state index in [9.17, 15) is 4.79 Å². The van der Waals surface area contributed by atoms with Gasteiger partial charge in [-0.05, 0) is 35.9 Å². The Kier molecular flexibility index (Phi) is 5.53. The number of amides is 1. The summed E-state index contributed by atoms with van der Waals surface area (Å²) in [5.41, 5.74) is 2.41. The molecule has 0 bridgehead atoms. The number of hydrogen-bond donors (Lipinski definition) is 1. The van der Waals surface area contributed by atoms with Gasteiger partial charge in [-0.3, -0.25) is 9.69 Å². The predicted octanol–water partition coefficient (Wildman–Crippen LogP) is 3.38. The Labute approximate surface area is 147 Å². The minimum atomic E-state index is 0.0676. The highest BCUT2D eigenvalue weighted by Gasteiger charge is 2.28. The lowest BCUT2D eigenvalue weighted by atomic mass is 9.98. The van der Waals surface area contributed by atoms with Crippen molar-refractivity contribution in [3.8, 4) is 5.75 Å². The average molecular weight is 344 g/mol. The molecule has 0 radical (unpaired) electrons. The molecule has 0 spiro atoms. The van der Waals surface area contributed by atoms with Gasteiger partial charge in [-0.2, -0.15) is 0 Å². The van der Waals surface area contributed by atoms with Crippen molar-refractivity contribution >= 4 is 17.2 Å². The first-order valence-corrected chi connectivity index (χ1v) is 9.29. The molecule has 1 N–H and O–H groups in total. The Balaban J connectivity index is 1.59. The number of carbonyl (C=O) groups is 1. The summed E-state index contributed by atoms with van der Waals surface area (Å²) in [6, 6.07) is 10.4. The minimum Gasteiger partial charge on any atom is -0.496 e. The summed E-state index contributed by atoms with van der Waals surface area (Å²) in [6.07, 6.45) is 2.08. The number of nitrogens with one attached hydrogen (secondary N) is 1. The smallest absolute Gasteiger partial charge is 0.234 e. The third-order valence-electron chi connectivity index (χ3n) is 4.61. The number of para-hydroxylation sites is 1. The van der Waals surface area contributed by atoms with Gasteiger partial charge in [-0.1, -0.05) is 25.1 Å². The summed E-state index contributed by atoms with van der Waals surface area (Å²) in [5, 5.41) is 5.19. The zero-order chi connectivity index (χ0) is 16.9. The zero-order valence-corrected chi connectivity index (χ0v) is 15.1. The second-order valence-electron chi connectivity index (χ2n) is 6.03. The van der Waals surface area contributed by atoms with Gasteiger partial charge >= 0.3 is 0 Å². The molecule has 1 unspecified atom stereocenters. The third-order valence-corrected chi connectivity index (χ3v) is 5.60. The van der Waals surface area contributed by atoms with Gasteiger partial charge in [-0.15, -0.1) is 11.3 Å². The topological polar surface area (TPSA) is 41.6 Å². The van der Waals surface area contributed by atoms with Crippen LogP contribution in [0.3, 0.4) is 0 Å². The number of fused-ring (bicyclic) bond motifs is 1. The van der Waals surface area contributed by atoms with Crippen LogP contribution < -0.4 is 10.1 Å². The van der Waals surface area contributed by atoms with Crippen molar-refractivity contribution < 1.29 is 9.53 Å². The zero-order valence-electron chi connectivity index (χ0n) is 14.2. The average Bonchev–Trinajstić information content (AvgIpc) is 3.08. The van der Waals surface area contributed by atoms with Gasteiger partial charge in [0.1, 0.15) is 5.75 Å². The molecule has 1 aliphatic heterocycles. The van der Waals surface area contributed by atoms with E-state index in [0.29, 0.717) is 19.1 Å². The quantitative estimate of drug-likeness (QED) is 0.873. The van der Waals surface area contributed by atoms with Gasteiger partial charge in [0, 0.05) is 29.6 Å². The molecule has 4 nitrogen and oxygen atoms in total. The van der Waals surface area contributed by atoms with Crippen LogP contribution in [0, 0.1) is 0 Å². The van der Waals surface area contributed by atoms with Crippen molar-refractivity contribution in [2.45, 2.75) is 32.4 Å². The van der Waals surface area contributed by atoms with Crippen molar-refractivity contribution in [1.29, 1.82) is 0 Å². The highest BCUT2D eigenvalue weighted by Crippen LogP contribution is 2.34. The van der Waals surface area contributed by atoms with Crippen molar-refractivity contribution in [2.24, 2.45) is 0 Å². The molecule has 1 atom stereocenters. The molecular weight excluding hydrogens is 320 g/mol. The van der Waals surface area contributed by atoms with E-state index in [-0.39, 0.29) is 5.91 Å². The number of rotatable bonds is 6. The van der Waals surface area contributed by atoms with E-state index in [1.54, 1.807) is 7.11 Å². The fraction of sp³-hybridized carbons (Fsp3) is 0.421. The van der Waals surface area contributed by atoms with Crippen LogP contribution in [0.25, 0.3) is 0 Å². The molecule has 5 heteroatoms. The first-order chi connectivity index (χ1) is 11.7. The maximum atomic E-state index is 12.4. The maximum Gasteiger partial charge on any atom is 0.234 e. The molecule has 1 amide bonds. The molecule has 1 aliphatic rings. The number of ether oxygens (including phenoxy) is 1. The summed E-state index contributed by atoms with van der Waals surface area (Å²) in [6.45, 7) is 4.09. The van der Waals surface area contributed by atoms with Gasteiger partial charge in [0.2, 0.25) is 5.91 Å². The highest BCUT2D eigenvalue weighted by atomic mass is 32.1. The number of nitrogens with zero attached hydrogens (tertiary/aromatic N) is 1. The molecule has 24 heavy (non-hydrogen) atoms. The SMILES string of the molecule is CCC1c2ccsc2CCN1CC(=O)NCc1ccccc1OC. The van der Waals surface area contributed by atoms with Crippen molar-refractivity contribution in [3.63, 3.8) is 0 Å². The van der Waals surface area contributed by atoms with E-state index < -0.39 is 0 Å². The van der Waals surface area contributed by atoms with Gasteiger partial charge in [0.25, 0.3) is 0 Å². The number of methoxy groups -OCH3 is 1. The van der Waals surface area contributed by atoms with Crippen LogP contribution in [0.2, 0.25) is 0 Å². The molecule has 3 rings (SSSR count). The summed E-state index contributed by atoms with van der Waals surface area (Å²) < 4.78 is 5.33. The Morgan fingerprint density at radius 3 is 3.00 bits per heavy atom. The molecular formula is C19H24N2O2S. The normalized spacial score (nSPS) is 17.3. The molecule has 0 saturated heterocycles. The van der Waals surface area contributed by atoms with Crippen molar-refractivity contribution in [3.05, 3.63) is 51.7 Å². The summed E-state index contributed by atoms with van der Waals surface area (Å²) in [5.74, 6) is 0.878. The Morgan fingerprint density at radius 2 is 2.21 bits per heavy atom. The number of hydrogen-bond acceptors (Lipinski definition) is 4. The van der Waals surface area contributed by atoms with E-state index in [1.165, 1.54) is 10.4 Å². The molecule has 0 aliphatic carbocycles. The molecule has 128 valence electrons. The van der Waals surface area contributed by atoms with Crippen LogP contribution in [0.15, 0.2) is 35.7 Å². The standard InChI is InChI=1S/C19H24N2O2S/c1-3-16-15-9-11-24-18(15)8-10-21(16)13-19(22)20-12-14-6-4-5-7-17(14)23-2/h4-7,9,11,16H,3,8,10,12-13H2,1-2H3,(H,20,22). The van der Waals surface area contributed by atoms with Crippen LogP contribution in [0.4, 0.5) is 0 Å². The highest BCUT2D eigenvalue weighted by molar-refractivity contribution is 7.10. The van der Waals surface area contributed by atoms with E-state index in [0.717, 1.165) is 30.7 Å². The van der Waals surface area contributed by atoms with Crippen molar-refractivity contribution in [1.82, 2.24) is 10.2 Å². The Morgan fingerprint density at radius 1 is 1.38 bits per heavy atom. The van der Waals surface area contributed by atoms with Gasteiger partial charge in [0.05, 0.1) is 13.7 Å². The molecule has 2 aromatic rings. The summed E-state index contributed by atoms with van der Waals surface area (Å²) in [4.78, 5) is 16.2. The van der Waals surface area contributed by atoms with E-state index in [2.05, 4.69) is 28.6 Å². The molecule has 0 fully saturated rings. The van der Waals surface area contributed by atoms with E-state index in [1.807, 2.05) is 35.6 Å². The van der Waals surface area contributed by atoms with Gasteiger partial charge in [-0.25, -0.2) is 0 Å². The Bertz CT molecular complexity index is 698. The minimum absolute atomic E-state index is 0.0676. The molecule has 1 aromatic heterocycles. The van der Waals surface area contributed by atoms with Crippen LogP contribution >= 0.6 is 11.3 Å². The Hall–Kier alpha value is -1.85. The van der Waals surface area contributed by atoms with Crippen LogP contribution in [-0.4, -0.2) is 31.0 Å². The first kappa shape index (κ1) is 17.0. The van der Waals surface area contributed by atoms with Crippen molar-refractivity contribution in [2.75, 3.05) is 20.2 Å². The number of thiophene rings is 1. The lowest BCUT2D eigenvalue weighted by molar-refractivity contribution is -0.123. The van der Waals surface area contributed by atoms with Crippen LogP contribution in [-0.2, 0) is 17.8 Å².